The summed E-state index contributed by atoms with van der Waals surface area (Å²) >= 11 is 0. The van der Waals surface area contributed by atoms with Crippen LogP contribution in [-0.2, 0) is 12.0 Å². The van der Waals surface area contributed by atoms with Crippen molar-refractivity contribution in [3.63, 3.8) is 0 Å². The molecular weight excluding hydrogens is 206 g/mol. The van der Waals surface area contributed by atoms with E-state index in [2.05, 4.69) is 36.5 Å². The number of benzene rings is 1. The molecule has 1 saturated carbocycles. The molecule has 1 heterocycles. The fourth-order valence-electron chi connectivity index (χ4n) is 4.94. The normalized spacial score (nSPS) is 43.0. The van der Waals surface area contributed by atoms with Crippen LogP contribution in [0.3, 0.4) is 0 Å². The molecule has 2 aliphatic carbocycles. The van der Waals surface area contributed by atoms with Crippen LogP contribution in [0.15, 0.2) is 24.3 Å². The zero-order chi connectivity index (χ0) is 11.5. The van der Waals surface area contributed by atoms with Crippen LogP contribution in [0.4, 0.5) is 0 Å². The van der Waals surface area contributed by atoms with Crippen molar-refractivity contribution >= 4 is 0 Å². The number of hydrogen-bond donors (Lipinski definition) is 1. The Bertz CT molecular complexity index is 453. The topological polar surface area (TPSA) is 12.0 Å². The second-order valence-corrected chi connectivity index (χ2v) is 6.28. The maximum atomic E-state index is 3.99. The quantitative estimate of drug-likeness (QED) is 0.717. The van der Waals surface area contributed by atoms with Crippen molar-refractivity contribution in [2.24, 2.45) is 11.8 Å². The summed E-state index contributed by atoms with van der Waals surface area (Å²) in [6, 6.07) is 9.88. The molecule has 4 atom stereocenters. The summed E-state index contributed by atoms with van der Waals surface area (Å²) in [6.45, 7) is 2.40. The highest BCUT2D eigenvalue weighted by Gasteiger charge is 2.56. The molecule has 4 rings (SSSR count). The van der Waals surface area contributed by atoms with Crippen LogP contribution < -0.4 is 5.32 Å². The third-order valence-electron chi connectivity index (χ3n) is 5.57. The van der Waals surface area contributed by atoms with Crippen LogP contribution in [-0.4, -0.2) is 6.04 Å². The van der Waals surface area contributed by atoms with Crippen molar-refractivity contribution in [1.29, 1.82) is 0 Å². The van der Waals surface area contributed by atoms with Gasteiger partial charge in [0.2, 0.25) is 0 Å². The van der Waals surface area contributed by atoms with Gasteiger partial charge in [-0.1, -0.05) is 37.1 Å². The predicted molar refractivity (Wildman–Crippen MR) is 69.9 cm³/mol. The van der Waals surface area contributed by atoms with E-state index in [0.29, 0.717) is 11.6 Å². The van der Waals surface area contributed by atoms with E-state index in [4.69, 9.17) is 0 Å². The van der Waals surface area contributed by atoms with E-state index in [0.717, 1.165) is 11.8 Å². The third kappa shape index (κ3) is 1.18. The maximum Gasteiger partial charge on any atom is 0.0471 e. The Hall–Kier alpha value is -0.820. The molecule has 3 aliphatic rings. The Labute approximate surface area is 104 Å². The SMILES string of the molecule is CC1N[C@@]23CCCC[C@H]2[C@@H]1Cc1ccccc13. The summed E-state index contributed by atoms with van der Waals surface area (Å²) < 4.78 is 0. The minimum Gasteiger partial charge on any atom is -0.304 e. The highest BCUT2D eigenvalue weighted by molar-refractivity contribution is 5.41. The van der Waals surface area contributed by atoms with E-state index in [1.165, 1.54) is 32.1 Å². The van der Waals surface area contributed by atoms with Gasteiger partial charge >= 0.3 is 0 Å². The first-order valence-corrected chi connectivity index (χ1v) is 7.17. The summed E-state index contributed by atoms with van der Waals surface area (Å²) in [6.07, 6.45) is 6.94. The van der Waals surface area contributed by atoms with Crippen LogP contribution in [0.25, 0.3) is 0 Å². The monoisotopic (exact) mass is 227 g/mol. The first kappa shape index (κ1) is 10.1. The number of rotatable bonds is 0. The molecule has 1 unspecified atom stereocenters. The minimum atomic E-state index is 0.344. The molecule has 0 aromatic heterocycles. The van der Waals surface area contributed by atoms with Crippen molar-refractivity contribution in [1.82, 2.24) is 5.32 Å². The molecule has 1 aromatic rings. The van der Waals surface area contributed by atoms with Gasteiger partial charge in [-0.3, -0.25) is 0 Å². The number of hydrogen-bond acceptors (Lipinski definition) is 1. The first-order chi connectivity index (χ1) is 8.31. The van der Waals surface area contributed by atoms with Gasteiger partial charge in [-0.2, -0.15) is 0 Å². The Morgan fingerprint density at radius 2 is 2.12 bits per heavy atom. The molecule has 2 bridgehead atoms. The van der Waals surface area contributed by atoms with Crippen molar-refractivity contribution in [2.45, 2.75) is 50.6 Å². The zero-order valence-corrected chi connectivity index (χ0v) is 10.6. The lowest BCUT2D eigenvalue weighted by molar-refractivity contribution is 0.153. The molecule has 1 aromatic carbocycles. The molecule has 1 N–H and O–H groups in total. The van der Waals surface area contributed by atoms with E-state index < -0.39 is 0 Å². The van der Waals surface area contributed by atoms with Crippen molar-refractivity contribution in [2.75, 3.05) is 0 Å². The molecule has 1 heteroatoms. The number of nitrogens with one attached hydrogen (secondary N) is 1. The second kappa shape index (κ2) is 3.35. The lowest BCUT2D eigenvalue weighted by Gasteiger charge is -2.45. The van der Waals surface area contributed by atoms with E-state index in [9.17, 15) is 0 Å². The van der Waals surface area contributed by atoms with Gasteiger partial charge in [0.1, 0.15) is 0 Å². The van der Waals surface area contributed by atoms with Gasteiger partial charge in [-0.25, -0.2) is 0 Å². The fourth-order valence-corrected chi connectivity index (χ4v) is 4.94. The van der Waals surface area contributed by atoms with Crippen LogP contribution in [0, 0.1) is 11.8 Å². The second-order valence-electron chi connectivity index (χ2n) is 6.28. The predicted octanol–water partition coefficient (Wildman–Crippen LogP) is 3.24. The number of fused-ring (bicyclic) bond motifs is 1. The Morgan fingerprint density at radius 3 is 3.06 bits per heavy atom. The maximum absolute atomic E-state index is 3.99. The van der Waals surface area contributed by atoms with Gasteiger partial charge in [0.15, 0.2) is 0 Å². The molecule has 1 nitrogen and oxygen atoms in total. The molecule has 2 fully saturated rings. The standard InChI is InChI=1S/C16H21N/c1-11-13-10-12-6-2-3-7-14(12)16(17-11)9-5-4-8-15(13)16/h2-3,6-7,11,13,15,17H,4-5,8-10H2,1H3/t11?,13-,15+,16-/m1/s1. The first-order valence-electron chi connectivity index (χ1n) is 7.17. The molecule has 0 spiro atoms. The summed E-state index contributed by atoms with van der Waals surface area (Å²) in [4.78, 5) is 0. The molecule has 90 valence electrons. The van der Waals surface area contributed by atoms with Crippen molar-refractivity contribution in [3.05, 3.63) is 35.4 Å². The zero-order valence-electron chi connectivity index (χ0n) is 10.6. The average molecular weight is 227 g/mol. The van der Waals surface area contributed by atoms with Crippen LogP contribution in [0.2, 0.25) is 0 Å². The fraction of sp³-hybridized carbons (Fsp3) is 0.625. The van der Waals surface area contributed by atoms with Gasteiger partial charge in [0.05, 0.1) is 0 Å². The van der Waals surface area contributed by atoms with Gasteiger partial charge in [0, 0.05) is 11.6 Å². The van der Waals surface area contributed by atoms with Crippen molar-refractivity contribution in [3.8, 4) is 0 Å². The van der Waals surface area contributed by atoms with E-state index in [1.807, 2.05) is 0 Å². The molecule has 1 aliphatic heterocycles. The molecule has 0 amide bonds. The lowest BCUT2D eigenvalue weighted by atomic mass is 9.61. The van der Waals surface area contributed by atoms with Gasteiger partial charge in [-0.15, -0.1) is 0 Å². The van der Waals surface area contributed by atoms with Gasteiger partial charge in [0.25, 0.3) is 0 Å². The van der Waals surface area contributed by atoms with E-state index >= 15 is 0 Å². The van der Waals surface area contributed by atoms with E-state index in [-0.39, 0.29) is 0 Å². The third-order valence-corrected chi connectivity index (χ3v) is 5.57. The average Bonchev–Trinajstić information content (AvgIpc) is 2.58. The molecule has 1 saturated heterocycles. The van der Waals surface area contributed by atoms with Gasteiger partial charge in [-0.05, 0) is 49.1 Å². The Kier molecular flexibility index (Phi) is 2.00. The summed E-state index contributed by atoms with van der Waals surface area (Å²) in [5.74, 6) is 1.78. The molecule has 17 heavy (non-hydrogen) atoms. The summed E-state index contributed by atoms with van der Waals surface area (Å²) in [7, 11) is 0. The van der Waals surface area contributed by atoms with Crippen LogP contribution in [0.1, 0.15) is 43.7 Å². The lowest BCUT2D eigenvalue weighted by Crippen LogP contribution is -2.47. The van der Waals surface area contributed by atoms with Crippen LogP contribution in [0.5, 0.6) is 0 Å². The highest BCUT2D eigenvalue weighted by atomic mass is 15.1. The minimum absolute atomic E-state index is 0.344. The van der Waals surface area contributed by atoms with Gasteiger partial charge < -0.3 is 5.32 Å². The summed E-state index contributed by atoms with van der Waals surface area (Å²) in [5.41, 5.74) is 3.59. The Balaban J connectivity index is 1.92. The van der Waals surface area contributed by atoms with Crippen LogP contribution >= 0.6 is 0 Å². The largest absolute Gasteiger partial charge is 0.304 e. The molecular formula is C16H21N. The summed E-state index contributed by atoms with van der Waals surface area (Å²) in [5, 5.41) is 3.99. The highest BCUT2D eigenvalue weighted by Crippen LogP contribution is 2.55. The van der Waals surface area contributed by atoms with E-state index in [1.54, 1.807) is 11.1 Å². The molecule has 0 radical (unpaired) electrons. The van der Waals surface area contributed by atoms with Crippen molar-refractivity contribution < 1.29 is 0 Å². The Morgan fingerprint density at radius 1 is 1.24 bits per heavy atom. The smallest absolute Gasteiger partial charge is 0.0471 e.